The molecule has 2 N–H and O–H groups in total. The van der Waals surface area contributed by atoms with Gasteiger partial charge in [-0.1, -0.05) is 18.2 Å². The molecule has 32 heavy (non-hydrogen) atoms. The molecule has 0 spiro atoms. The molecule has 1 aliphatic rings. The van der Waals surface area contributed by atoms with Gasteiger partial charge in [0, 0.05) is 23.8 Å². The quantitative estimate of drug-likeness (QED) is 0.560. The molecule has 0 saturated carbocycles. The van der Waals surface area contributed by atoms with Crippen LogP contribution < -0.4 is 19.7 Å². The number of fused-ring (bicyclic) bond motifs is 1. The van der Waals surface area contributed by atoms with Crippen LogP contribution in [0.2, 0.25) is 0 Å². The normalized spacial score (nSPS) is 15.9. The lowest BCUT2D eigenvalue weighted by Crippen LogP contribution is -2.31. The molecule has 2 aromatic carbocycles. The predicted octanol–water partition coefficient (Wildman–Crippen LogP) is 3.71. The lowest BCUT2D eigenvalue weighted by Gasteiger charge is -2.24. The first-order valence-electron chi connectivity index (χ1n) is 10.6. The fourth-order valence-corrected chi connectivity index (χ4v) is 4.18. The van der Waals surface area contributed by atoms with Crippen molar-refractivity contribution in [2.24, 2.45) is 0 Å². The van der Waals surface area contributed by atoms with Gasteiger partial charge in [0.1, 0.15) is 23.4 Å². The predicted molar refractivity (Wildman–Crippen MR) is 121 cm³/mol. The summed E-state index contributed by atoms with van der Waals surface area (Å²) in [6.07, 6.45) is 1.54. The van der Waals surface area contributed by atoms with Gasteiger partial charge in [-0.05, 0) is 49.2 Å². The average molecular weight is 437 g/mol. The molecule has 0 radical (unpaired) electrons. The van der Waals surface area contributed by atoms with Crippen molar-refractivity contribution in [2.45, 2.75) is 32.0 Å². The number of ether oxygens (including phenoxy) is 2. The van der Waals surface area contributed by atoms with Gasteiger partial charge in [-0.2, -0.15) is 0 Å². The van der Waals surface area contributed by atoms with Crippen LogP contribution >= 0.6 is 0 Å². The number of furan rings is 1. The molecule has 7 heteroatoms. The van der Waals surface area contributed by atoms with Gasteiger partial charge in [-0.15, -0.1) is 0 Å². The van der Waals surface area contributed by atoms with E-state index in [1.807, 2.05) is 12.1 Å². The first kappa shape index (κ1) is 21.8. The third kappa shape index (κ3) is 4.29. The molecule has 4 rings (SSSR count). The Morgan fingerprint density at radius 1 is 1.22 bits per heavy atom. The van der Waals surface area contributed by atoms with E-state index >= 15 is 0 Å². The molecule has 2 unspecified atom stereocenters. The summed E-state index contributed by atoms with van der Waals surface area (Å²) in [4.78, 5) is 15.1. The maximum atomic E-state index is 12.9. The topological polar surface area (TPSA) is 84.2 Å². The van der Waals surface area contributed by atoms with Crippen LogP contribution in [-0.2, 0) is 13.0 Å². The number of amides is 1. The van der Waals surface area contributed by atoms with Crippen LogP contribution in [0.15, 0.2) is 59.2 Å². The summed E-state index contributed by atoms with van der Waals surface area (Å²) in [7, 11) is 3.09. The summed E-state index contributed by atoms with van der Waals surface area (Å²) in [5.41, 5.74) is 3.48. The third-order valence-corrected chi connectivity index (χ3v) is 5.90. The molecule has 2 heterocycles. The van der Waals surface area contributed by atoms with E-state index < -0.39 is 6.10 Å². The van der Waals surface area contributed by atoms with Crippen LogP contribution in [0, 0.1) is 0 Å². The smallest absolute Gasteiger partial charge is 0.255 e. The molecule has 1 aliphatic heterocycles. The number of aliphatic hydroxyl groups is 1. The summed E-state index contributed by atoms with van der Waals surface area (Å²) in [6.45, 7) is 2.69. The highest BCUT2D eigenvalue weighted by atomic mass is 16.5. The standard InChI is InChI=1S/C25H28N2O5/c1-16-12-17-6-4-5-7-21(17)27(16)15-24-19(10-11-32-24)25(29)26-14-22(28)20-13-18(30-2)8-9-23(20)31-3/h4-11,13,16,22,28H,12,14-15H2,1-3H3,(H,26,29). The summed E-state index contributed by atoms with van der Waals surface area (Å²) in [5, 5.41) is 13.5. The van der Waals surface area contributed by atoms with E-state index in [-0.39, 0.29) is 12.5 Å². The van der Waals surface area contributed by atoms with E-state index in [9.17, 15) is 9.90 Å². The Hall–Kier alpha value is -3.45. The third-order valence-electron chi connectivity index (χ3n) is 5.90. The zero-order valence-electron chi connectivity index (χ0n) is 18.5. The van der Waals surface area contributed by atoms with Crippen molar-refractivity contribution in [2.75, 3.05) is 25.7 Å². The summed E-state index contributed by atoms with van der Waals surface area (Å²) in [6, 6.07) is 15.5. The average Bonchev–Trinajstić information content (AvgIpc) is 3.41. The maximum Gasteiger partial charge on any atom is 0.255 e. The van der Waals surface area contributed by atoms with Crippen LogP contribution in [0.25, 0.3) is 0 Å². The van der Waals surface area contributed by atoms with Gasteiger partial charge in [-0.3, -0.25) is 4.79 Å². The fraction of sp³-hybridized carbons (Fsp3) is 0.320. The number of anilines is 1. The molecule has 7 nitrogen and oxygen atoms in total. The minimum absolute atomic E-state index is 0.0237. The van der Waals surface area contributed by atoms with Crippen molar-refractivity contribution < 1.29 is 23.8 Å². The number of carbonyl (C=O) groups excluding carboxylic acids is 1. The second-order valence-corrected chi connectivity index (χ2v) is 7.90. The first-order chi connectivity index (χ1) is 15.5. The van der Waals surface area contributed by atoms with Crippen LogP contribution in [0.3, 0.4) is 0 Å². The Labute approximate surface area is 187 Å². The maximum absolute atomic E-state index is 12.9. The Balaban J connectivity index is 1.44. The van der Waals surface area contributed by atoms with Crippen LogP contribution in [-0.4, -0.2) is 37.8 Å². The molecular formula is C25H28N2O5. The molecule has 1 amide bonds. The largest absolute Gasteiger partial charge is 0.497 e. The monoisotopic (exact) mass is 436 g/mol. The Bertz CT molecular complexity index is 1090. The highest BCUT2D eigenvalue weighted by Crippen LogP contribution is 2.34. The summed E-state index contributed by atoms with van der Waals surface area (Å²) in [5.74, 6) is 1.43. The Kier molecular flexibility index (Phi) is 6.37. The zero-order valence-corrected chi connectivity index (χ0v) is 18.5. The number of hydrogen-bond acceptors (Lipinski definition) is 6. The van der Waals surface area contributed by atoms with E-state index in [1.54, 1.807) is 31.4 Å². The van der Waals surface area contributed by atoms with Crippen LogP contribution in [0.5, 0.6) is 11.5 Å². The second kappa shape index (κ2) is 9.36. The Morgan fingerprint density at radius 3 is 2.81 bits per heavy atom. The molecule has 0 aliphatic carbocycles. The lowest BCUT2D eigenvalue weighted by atomic mass is 10.1. The molecule has 2 atom stereocenters. The molecule has 168 valence electrons. The molecular weight excluding hydrogens is 408 g/mol. The highest BCUT2D eigenvalue weighted by molar-refractivity contribution is 5.95. The number of carbonyl (C=O) groups is 1. The van der Waals surface area contributed by atoms with E-state index in [1.165, 1.54) is 24.6 Å². The highest BCUT2D eigenvalue weighted by Gasteiger charge is 2.28. The number of para-hydroxylation sites is 1. The number of methoxy groups -OCH3 is 2. The SMILES string of the molecule is COc1ccc(OC)c(C(O)CNC(=O)c2ccoc2CN2c3ccccc3CC2C)c1. The zero-order chi connectivity index (χ0) is 22.7. The van der Waals surface area contributed by atoms with Gasteiger partial charge >= 0.3 is 0 Å². The first-order valence-corrected chi connectivity index (χ1v) is 10.6. The summed E-state index contributed by atoms with van der Waals surface area (Å²) < 4.78 is 16.2. The van der Waals surface area contributed by atoms with E-state index in [2.05, 4.69) is 29.3 Å². The van der Waals surface area contributed by atoms with Gasteiger partial charge in [-0.25, -0.2) is 0 Å². The van der Waals surface area contributed by atoms with Crippen molar-refractivity contribution in [3.63, 3.8) is 0 Å². The number of aliphatic hydroxyl groups excluding tert-OH is 1. The van der Waals surface area contributed by atoms with Gasteiger partial charge in [0.15, 0.2) is 0 Å². The fourth-order valence-electron chi connectivity index (χ4n) is 4.18. The number of nitrogens with one attached hydrogen (secondary N) is 1. The van der Waals surface area contributed by atoms with Gasteiger partial charge in [0.25, 0.3) is 5.91 Å². The van der Waals surface area contributed by atoms with Crippen LogP contribution in [0.1, 0.15) is 40.3 Å². The second-order valence-electron chi connectivity index (χ2n) is 7.90. The number of nitrogens with zero attached hydrogens (tertiary/aromatic N) is 1. The van der Waals surface area contributed by atoms with E-state index in [0.29, 0.717) is 41.0 Å². The molecule has 0 saturated heterocycles. The number of benzene rings is 2. The minimum atomic E-state index is -0.954. The van der Waals surface area contributed by atoms with Crippen molar-refractivity contribution in [1.82, 2.24) is 5.32 Å². The minimum Gasteiger partial charge on any atom is -0.497 e. The lowest BCUT2D eigenvalue weighted by molar-refractivity contribution is 0.0912. The molecule has 3 aromatic rings. The Morgan fingerprint density at radius 2 is 2.03 bits per heavy atom. The summed E-state index contributed by atoms with van der Waals surface area (Å²) >= 11 is 0. The van der Waals surface area contributed by atoms with Gasteiger partial charge in [0.05, 0.1) is 32.6 Å². The molecule has 1 aromatic heterocycles. The van der Waals surface area contributed by atoms with Crippen molar-refractivity contribution in [3.8, 4) is 11.5 Å². The number of rotatable bonds is 8. The van der Waals surface area contributed by atoms with E-state index in [4.69, 9.17) is 13.9 Å². The number of hydrogen-bond donors (Lipinski definition) is 2. The van der Waals surface area contributed by atoms with Gasteiger partial charge < -0.3 is 29.2 Å². The van der Waals surface area contributed by atoms with Crippen molar-refractivity contribution in [1.29, 1.82) is 0 Å². The van der Waals surface area contributed by atoms with E-state index in [0.717, 1.165) is 6.42 Å². The van der Waals surface area contributed by atoms with Crippen molar-refractivity contribution in [3.05, 3.63) is 77.2 Å². The van der Waals surface area contributed by atoms with Crippen molar-refractivity contribution >= 4 is 11.6 Å². The molecule has 0 fully saturated rings. The molecule has 0 bridgehead atoms. The van der Waals surface area contributed by atoms with Gasteiger partial charge in [0.2, 0.25) is 0 Å². The van der Waals surface area contributed by atoms with Crippen LogP contribution in [0.4, 0.5) is 5.69 Å².